The molecule has 0 spiro atoms. The predicted molar refractivity (Wildman–Crippen MR) is 183 cm³/mol. The third-order valence-electron chi connectivity index (χ3n) is 8.43. The lowest BCUT2D eigenvalue weighted by atomic mass is 9.83. The third kappa shape index (κ3) is 9.68. The molecular formula is C38H34F6N2O5S. The van der Waals surface area contributed by atoms with Gasteiger partial charge in [-0.3, -0.25) is 9.35 Å². The second-order valence-corrected chi connectivity index (χ2v) is 14.9. The van der Waals surface area contributed by atoms with E-state index in [4.69, 9.17) is 9.08 Å². The monoisotopic (exact) mass is 744 g/mol. The van der Waals surface area contributed by atoms with Crippen LogP contribution in [0.15, 0.2) is 102 Å². The maximum absolute atomic E-state index is 13.6. The summed E-state index contributed by atoms with van der Waals surface area (Å²) in [4.78, 5) is 12.5. The molecule has 0 bridgehead atoms. The summed E-state index contributed by atoms with van der Waals surface area (Å²) in [6, 6.07) is 23.7. The lowest BCUT2D eigenvalue weighted by Crippen LogP contribution is -2.28. The molecule has 1 amide bonds. The summed E-state index contributed by atoms with van der Waals surface area (Å²) in [5.74, 6) is -1.27. The molecule has 0 fully saturated rings. The van der Waals surface area contributed by atoms with E-state index in [0.29, 0.717) is 29.8 Å². The first-order valence-corrected chi connectivity index (χ1v) is 17.6. The maximum Gasteiger partial charge on any atom is 0.416 e. The molecule has 2 N–H and O–H groups in total. The van der Waals surface area contributed by atoms with Crippen molar-refractivity contribution in [3.63, 3.8) is 0 Å². The number of rotatable bonds is 10. The molecule has 1 atom stereocenters. The summed E-state index contributed by atoms with van der Waals surface area (Å²) in [5.41, 5.74) is 0.859. The van der Waals surface area contributed by atoms with Gasteiger partial charge in [-0.05, 0) is 76.1 Å². The predicted octanol–water partition coefficient (Wildman–Crippen LogP) is 9.34. The fraction of sp³-hybridized carbons (Fsp3) is 0.263. The minimum Gasteiger partial charge on any atom is -0.356 e. The molecule has 0 aliphatic rings. The molecule has 274 valence electrons. The standard InChI is InChI=1S/C38H34F6N2O5S/c1-36(2,3)29-13-11-24(12-14-29)32(17-23-7-9-25(10-8-23)35(47)45-15-16-52(48,49)50)33-22-34(51-46-33)27-6-4-5-26(18-27)28-19-30(37(39,40)41)21-31(20-28)38(42,43)44/h4-14,18-22,32H,15-17H2,1-3H3,(H,45,47)(H,48,49,50). The average Bonchev–Trinajstić information content (AvgIpc) is 3.56. The molecule has 7 nitrogen and oxygen atoms in total. The van der Waals surface area contributed by atoms with E-state index in [1.807, 2.05) is 24.3 Å². The van der Waals surface area contributed by atoms with E-state index in [0.717, 1.165) is 16.7 Å². The van der Waals surface area contributed by atoms with Crippen LogP contribution in [0.3, 0.4) is 0 Å². The first-order chi connectivity index (χ1) is 24.2. The van der Waals surface area contributed by atoms with E-state index in [9.17, 15) is 39.6 Å². The van der Waals surface area contributed by atoms with E-state index in [-0.39, 0.29) is 46.4 Å². The Morgan fingerprint density at radius 1 is 0.769 bits per heavy atom. The molecule has 5 aromatic rings. The van der Waals surface area contributed by atoms with Gasteiger partial charge in [0.25, 0.3) is 16.0 Å². The van der Waals surface area contributed by atoms with Crippen molar-refractivity contribution in [2.45, 2.75) is 50.9 Å². The SMILES string of the molecule is CC(C)(C)c1ccc(C(Cc2ccc(C(=O)NCCS(=O)(=O)O)cc2)c2cc(-c3cccc(-c4cc(C(F)(F)F)cc(C(F)(F)F)c4)c3)on2)cc1. The number of amides is 1. The van der Waals surface area contributed by atoms with Gasteiger partial charge in [0, 0.05) is 29.7 Å². The summed E-state index contributed by atoms with van der Waals surface area (Å²) in [6.07, 6.45) is -9.59. The Balaban J connectivity index is 1.46. The second kappa shape index (κ2) is 14.6. The van der Waals surface area contributed by atoms with Gasteiger partial charge in [0.2, 0.25) is 0 Å². The molecule has 14 heteroatoms. The number of nitrogens with zero attached hydrogens (tertiary/aromatic N) is 1. The Morgan fingerprint density at radius 3 is 1.92 bits per heavy atom. The van der Waals surface area contributed by atoms with Crippen molar-refractivity contribution in [1.29, 1.82) is 0 Å². The largest absolute Gasteiger partial charge is 0.416 e. The van der Waals surface area contributed by atoms with Crippen LogP contribution in [0.4, 0.5) is 26.3 Å². The molecule has 52 heavy (non-hydrogen) atoms. The number of nitrogens with one attached hydrogen (secondary N) is 1. The van der Waals surface area contributed by atoms with Crippen molar-refractivity contribution in [1.82, 2.24) is 10.5 Å². The number of aromatic nitrogens is 1. The number of carbonyl (C=O) groups is 1. The van der Waals surface area contributed by atoms with Crippen LogP contribution in [0, 0.1) is 0 Å². The molecule has 5 rings (SSSR count). The molecule has 0 radical (unpaired) electrons. The van der Waals surface area contributed by atoms with E-state index in [2.05, 4.69) is 31.2 Å². The van der Waals surface area contributed by atoms with Crippen molar-refractivity contribution in [2.75, 3.05) is 12.3 Å². The van der Waals surface area contributed by atoms with Crippen molar-refractivity contribution >= 4 is 16.0 Å². The van der Waals surface area contributed by atoms with Gasteiger partial charge in [0.1, 0.15) is 0 Å². The van der Waals surface area contributed by atoms with Gasteiger partial charge in [-0.2, -0.15) is 34.8 Å². The first-order valence-electron chi connectivity index (χ1n) is 16.0. The van der Waals surface area contributed by atoms with E-state index < -0.39 is 45.3 Å². The van der Waals surface area contributed by atoms with Gasteiger partial charge < -0.3 is 9.84 Å². The number of halogens is 6. The third-order valence-corrected chi connectivity index (χ3v) is 9.15. The highest BCUT2D eigenvalue weighted by Crippen LogP contribution is 2.40. The lowest BCUT2D eigenvalue weighted by molar-refractivity contribution is -0.143. The van der Waals surface area contributed by atoms with Crippen molar-refractivity contribution in [3.8, 4) is 22.5 Å². The lowest BCUT2D eigenvalue weighted by Gasteiger charge is -2.21. The second-order valence-electron chi connectivity index (χ2n) is 13.4. The van der Waals surface area contributed by atoms with Crippen molar-refractivity contribution < 1.29 is 48.6 Å². The molecule has 1 aromatic heterocycles. The normalized spacial score (nSPS) is 13.2. The number of hydrogen-bond acceptors (Lipinski definition) is 5. The number of carbonyl (C=O) groups excluding carboxylic acids is 1. The van der Waals surface area contributed by atoms with Crippen LogP contribution in [0.1, 0.15) is 70.6 Å². The number of hydrogen-bond donors (Lipinski definition) is 2. The van der Waals surface area contributed by atoms with Crippen LogP contribution < -0.4 is 5.32 Å². The quantitative estimate of drug-likeness (QED) is 0.109. The fourth-order valence-corrected chi connectivity index (χ4v) is 5.95. The van der Waals surface area contributed by atoms with Crippen LogP contribution in [0.25, 0.3) is 22.5 Å². The summed E-state index contributed by atoms with van der Waals surface area (Å²) < 4.78 is 118. The Kier molecular flexibility index (Phi) is 10.7. The summed E-state index contributed by atoms with van der Waals surface area (Å²) >= 11 is 0. The molecule has 1 heterocycles. The molecule has 0 saturated carbocycles. The molecule has 0 aliphatic heterocycles. The average molecular weight is 745 g/mol. The highest BCUT2D eigenvalue weighted by atomic mass is 32.2. The summed E-state index contributed by atoms with van der Waals surface area (Å²) in [5, 5.41) is 6.76. The van der Waals surface area contributed by atoms with Gasteiger partial charge in [-0.15, -0.1) is 0 Å². The van der Waals surface area contributed by atoms with Crippen LogP contribution in [0.2, 0.25) is 0 Å². The number of benzene rings is 4. The Bertz CT molecular complexity index is 2120. The maximum atomic E-state index is 13.6. The summed E-state index contributed by atoms with van der Waals surface area (Å²) in [6.45, 7) is 5.99. The van der Waals surface area contributed by atoms with E-state index >= 15 is 0 Å². The molecule has 0 aliphatic carbocycles. The highest BCUT2D eigenvalue weighted by Gasteiger charge is 2.37. The zero-order valence-corrected chi connectivity index (χ0v) is 29.0. The minimum absolute atomic E-state index is 0.0837. The van der Waals surface area contributed by atoms with Gasteiger partial charge in [0.05, 0.1) is 22.6 Å². The van der Waals surface area contributed by atoms with Crippen molar-refractivity contribution in [2.24, 2.45) is 0 Å². The molecule has 1 unspecified atom stereocenters. The van der Waals surface area contributed by atoms with Gasteiger partial charge in [0.15, 0.2) is 5.76 Å². The first kappa shape index (κ1) is 38.3. The fourth-order valence-electron chi connectivity index (χ4n) is 5.59. The minimum atomic E-state index is -4.99. The van der Waals surface area contributed by atoms with Crippen LogP contribution in [-0.2, 0) is 34.3 Å². The van der Waals surface area contributed by atoms with Crippen LogP contribution in [0.5, 0.6) is 0 Å². The van der Waals surface area contributed by atoms with Gasteiger partial charge >= 0.3 is 12.4 Å². The molecule has 0 saturated heterocycles. The van der Waals surface area contributed by atoms with Gasteiger partial charge in [-0.1, -0.05) is 80.5 Å². The van der Waals surface area contributed by atoms with Gasteiger partial charge in [-0.25, -0.2) is 0 Å². The molecule has 4 aromatic carbocycles. The highest BCUT2D eigenvalue weighted by molar-refractivity contribution is 7.85. The zero-order valence-electron chi connectivity index (χ0n) is 28.1. The van der Waals surface area contributed by atoms with Crippen LogP contribution in [-0.4, -0.2) is 36.3 Å². The van der Waals surface area contributed by atoms with E-state index in [1.54, 1.807) is 36.4 Å². The molecular weight excluding hydrogens is 710 g/mol. The zero-order chi connectivity index (χ0) is 38.1. The number of alkyl halides is 6. The Hall–Kier alpha value is -4.95. The Labute approximate surface area is 296 Å². The Morgan fingerprint density at radius 2 is 1.37 bits per heavy atom. The topological polar surface area (TPSA) is 110 Å². The van der Waals surface area contributed by atoms with Crippen molar-refractivity contribution in [3.05, 3.63) is 136 Å². The van der Waals surface area contributed by atoms with Crippen LogP contribution >= 0.6 is 0 Å². The smallest absolute Gasteiger partial charge is 0.356 e. The van der Waals surface area contributed by atoms with E-state index in [1.165, 1.54) is 18.2 Å². The summed E-state index contributed by atoms with van der Waals surface area (Å²) in [7, 11) is -4.23.